The second-order valence-corrected chi connectivity index (χ2v) is 2.08. The van der Waals surface area contributed by atoms with Crippen molar-refractivity contribution in [1.29, 1.82) is 0 Å². The van der Waals surface area contributed by atoms with Crippen LogP contribution < -0.4 is 5.32 Å². The highest BCUT2D eigenvalue weighted by Crippen LogP contribution is 1.81. The minimum atomic E-state index is -0.858. The average molecular weight is 164 g/mol. The third kappa shape index (κ3) is 4.35. The third-order valence-corrected chi connectivity index (χ3v) is 1.18. The maximum atomic E-state index is 10.2. The van der Waals surface area contributed by atoms with Gasteiger partial charge in [0.1, 0.15) is 6.04 Å². The normalized spacial score (nSPS) is 13.8. The molecule has 3 nitrogen and oxygen atoms in total. The van der Waals surface area contributed by atoms with E-state index in [0.717, 1.165) is 0 Å². The zero-order chi connectivity index (χ0) is 7.98. The molecule has 2 N–H and O–H groups in total. The third-order valence-electron chi connectivity index (χ3n) is 1.00. The van der Waals surface area contributed by atoms with E-state index < -0.39 is 12.0 Å². The highest BCUT2D eigenvalue weighted by molar-refractivity contribution is 6.25. The first-order valence-corrected chi connectivity index (χ1v) is 3.33. The van der Waals surface area contributed by atoms with Crippen LogP contribution in [0.1, 0.15) is 6.92 Å². The number of carbonyl (C=O) groups is 1. The van der Waals surface area contributed by atoms with Crippen LogP contribution in [0, 0.1) is 0 Å². The first kappa shape index (κ1) is 9.46. The summed E-state index contributed by atoms with van der Waals surface area (Å²) in [5.41, 5.74) is 1.35. The Morgan fingerprint density at radius 2 is 2.50 bits per heavy atom. The SMILES string of the molecule is C[C@H](NC/C=C/Cl)C(=O)O. The van der Waals surface area contributed by atoms with E-state index in [1.54, 1.807) is 13.0 Å². The largest absolute Gasteiger partial charge is 0.480 e. The Labute approximate surface area is 64.7 Å². The van der Waals surface area contributed by atoms with Crippen LogP contribution in [0.2, 0.25) is 0 Å². The molecule has 0 aromatic heterocycles. The molecule has 0 aliphatic heterocycles. The maximum absolute atomic E-state index is 10.2. The predicted molar refractivity (Wildman–Crippen MR) is 40.1 cm³/mol. The molecule has 0 spiro atoms. The maximum Gasteiger partial charge on any atom is 0.320 e. The Bertz CT molecular complexity index is 136. The number of carboxylic acids is 1. The quantitative estimate of drug-likeness (QED) is 0.645. The van der Waals surface area contributed by atoms with Crippen LogP contribution in [0.4, 0.5) is 0 Å². The van der Waals surface area contributed by atoms with E-state index >= 15 is 0 Å². The van der Waals surface area contributed by atoms with Gasteiger partial charge in [0.05, 0.1) is 0 Å². The number of rotatable bonds is 4. The van der Waals surface area contributed by atoms with Crippen molar-refractivity contribution in [2.45, 2.75) is 13.0 Å². The van der Waals surface area contributed by atoms with Gasteiger partial charge in [-0.05, 0) is 6.92 Å². The molecule has 0 unspecified atom stereocenters. The Balaban J connectivity index is 3.39. The summed E-state index contributed by atoms with van der Waals surface area (Å²) in [5.74, 6) is -0.858. The summed E-state index contributed by atoms with van der Waals surface area (Å²) < 4.78 is 0. The molecular formula is C6H10ClNO2. The molecule has 0 saturated heterocycles. The van der Waals surface area contributed by atoms with Crippen molar-refractivity contribution in [3.63, 3.8) is 0 Å². The molecule has 0 aliphatic carbocycles. The van der Waals surface area contributed by atoms with Gasteiger partial charge in [0, 0.05) is 12.1 Å². The van der Waals surface area contributed by atoms with Crippen molar-refractivity contribution >= 4 is 17.6 Å². The lowest BCUT2D eigenvalue weighted by Crippen LogP contribution is -2.33. The number of carboxylic acid groups (broad SMARTS) is 1. The summed E-state index contributed by atoms with van der Waals surface area (Å²) in [6.45, 7) is 2.06. The Kier molecular flexibility index (Phi) is 4.98. The monoisotopic (exact) mass is 163 g/mol. The van der Waals surface area contributed by atoms with Crippen molar-refractivity contribution in [1.82, 2.24) is 5.32 Å². The van der Waals surface area contributed by atoms with Crippen LogP contribution in [0.5, 0.6) is 0 Å². The highest BCUT2D eigenvalue weighted by Gasteiger charge is 2.06. The Hall–Kier alpha value is -0.540. The first-order chi connectivity index (χ1) is 4.68. The number of hydrogen-bond donors (Lipinski definition) is 2. The van der Waals surface area contributed by atoms with Crippen LogP contribution in [0.15, 0.2) is 11.6 Å². The van der Waals surface area contributed by atoms with Crippen molar-refractivity contribution < 1.29 is 9.90 Å². The van der Waals surface area contributed by atoms with E-state index in [1.165, 1.54) is 5.54 Å². The van der Waals surface area contributed by atoms with E-state index in [1.807, 2.05) is 0 Å². The fraction of sp³-hybridized carbons (Fsp3) is 0.500. The molecule has 4 heteroatoms. The van der Waals surface area contributed by atoms with Crippen LogP contribution in [-0.2, 0) is 4.79 Å². The van der Waals surface area contributed by atoms with Crippen LogP contribution in [-0.4, -0.2) is 23.7 Å². The molecule has 0 radical (unpaired) electrons. The van der Waals surface area contributed by atoms with E-state index in [4.69, 9.17) is 16.7 Å². The fourth-order valence-electron chi connectivity index (χ4n) is 0.377. The van der Waals surface area contributed by atoms with E-state index in [2.05, 4.69) is 5.32 Å². The topological polar surface area (TPSA) is 49.3 Å². The van der Waals surface area contributed by atoms with Gasteiger partial charge < -0.3 is 10.4 Å². The van der Waals surface area contributed by atoms with E-state index in [-0.39, 0.29) is 0 Å². The van der Waals surface area contributed by atoms with Gasteiger partial charge in [0.25, 0.3) is 0 Å². The molecular weight excluding hydrogens is 154 g/mol. The van der Waals surface area contributed by atoms with Gasteiger partial charge in [0.15, 0.2) is 0 Å². The fourth-order valence-corrected chi connectivity index (χ4v) is 0.466. The summed E-state index contributed by atoms with van der Waals surface area (Å²) in [7, 11) is 0. The number of aliphatic carboxylic acids is 1. The molecule has 0 aliphatic rings. The lowest BCUT2D eigenvalue weighted by molar-refractivity contribution is -0.138. The molecule has 0 fully saturated rings. The van der Waals surface area contributed by atoms with Crippen molar-refractivity contribution in [2.75, 3.05) is 6.54 Å². The molecule has 0 aromatic carbocycles. The van der Waals surface area contributed by atoms with Gasteiger partial charge in [0.2, 0.25) is 0 Å². The van der Waals surface area contributed by atoms with Crippen LogP contribution >= 0.6 is 11.6 Å². The minimum absolute atomic E-state index is 0.483. The summed E-state index contributed by atoms with van der Waals surface area (Å²) in [4.78, 5) is 10.2. The van der Waals surface area contributed by atoms with Crippen molar-refractivity contribution in [3.8, 4) is 0 Å². The Morgan fingerprint density at radius 3 is 2.90 bits per heavy atom. The number of halogens is 1. The molecule has 0 amide bonds. The molecule has 1 atom stereocenters. The highest BCUT2D eigenvalue weighted by atomic mass is 35.5. The molecule has 0 aromatic rings. The van der Waals surface area contributed by atoms with Gasteiger partial charge in [-0.3, -0.25) is 4.79 Å². The molecule has 0 bridgehead atoms. The minimum Gasteiger partial charge on any atom is -0.480 e. The zero-order valence-corrected chi connectivity index (χ0v) is 6.43. The standard InChI is InChI=1S/C6H10ClNO2/c1-5(6(9)10)8-4-2-3-7/h2-3,5,8H,4H2,1H3,(H,9,10)/b3-2+/t5-/m0/s1. The summed E-state index contributed by atoms with van der Waals surface area (Å²) in [5, 5.41) is 11.1. The Morgan fingerprint density at radius 1 is 1.90 bits per heavy atom. The number of hydrogen-bond acceptors (Lipinski definition) is 2. The molecule has 0 saturated carbocycles. The first-order valence-electron chi connectivity index (χ1n) is 2.90. The van der Waals surface area contributed by atoms with Crippen LogP contribution in [0.25, 0.3) is 0 Å². The van der Waals surface area contributed by atoms with Crippen molar-refractivity contribution in [2.24, 2.45) is 0 Å². The molecule has 58 valence electrons. The predicted octanol–water partition coefficient (Wildman–Crippen LogP) is 0.802. The second-order valence-electron chi connectivity index (χ2n) is 1.83. The smallest absolute Gasteiger partial charge is 0.320 e. The summed E-state index contributed by atoms with van der Waals surface area (Å²) in [6, 6.07) is -0.520. The molecule has 0 rings (SSSR count). The summed E-state index contributed by atoms with van der Waals surface area (Å²) >= 11 is 5.20. The van der Waals surface area contributed by atoms with Gasteiger partial charge in [-0.15, -0.1) is 0 Å². The van der Waals surface area contributed by atoms with E-state index in [9.17, 15) is 4.79 Å². The van der Waals surface area contributed by atoms with E-state index in [0.29, 0.717) is 6.54 Å². The van der Waals surface area contributed by atoms with Gasteiger partial charge in [-0.25, -0.2) is 0 Å². The van der Waals surface area contributed by atoms with Gasteiger partial charge >= 0.3 is 5.97 Å². The zero-order valence-electron chi connectivity index (χ0n) is 5.67. The lowest BCUT2D eigenvalue weighted by atomic mass is 10.3. The van der Waals surface area contributed by atoms with Crippen LogP contribution in [0.3, 0.4) is 0 Å². The number of nitrogens with one attached hydrogen (secondary N) is 1. The molecule has 10 heavy (non-hydrogen) atoms. The lowest BCUT2D eigenvalue weighted by Gasteiger charge is -2.04. The van der Waals surface area contributed by atoms with Gasteiger partial charge in [-0.2, -0.15) is 0 Å². The molecule has 0 heterocycles. The van der Waals surface area contributed by atoms with Crippen molar-refractivity contribution in [3.05, 3.63) is 11.6 Å². The second kappa shape index (κ2) is 5.26. The van der Waals surface area contributed by atoms with Gasteiger partial charge in [-0.1, -0.05) is 17.7 Å². The summed E-state index contributed by atoms with van der Waals surface area (Å²) in [6.07, 6.45) is 1.64. The average Bonchev–Trinajstić information content (AvgIpc) is 1.88.